The van der Waals surface area contributed by atoms with Gasteiger partial charge in [0.1, 0.15) is 5.75 Å². The van der Waals surface area contributed by atoms with Crippen molar-refractivity contribution < 1.29 is 4.74 Å². The standard InChI is InChI=1S/C15H20ClNO/c1-18-15-11(9-12-5-3-7-17-12)8-10-4-2-6-13(10)14(15)16/h8,12,17H,2-7,9H2,1H3. The van der Waals surface area contributed by atoms with E-state index in [1.807, 2.05) is 0 Å². The van der Waals surface area contributed by atoms with Gasteiger partial charge in [-0.05, 0) is 61.8 Å². The van der Waals surface area contributed by atoms with Crippen molar-refractivity contribution >= 4 is 11.6 Å². The van der Waals surface area contributed by atoms with Crippen molar-refractivity contribution in [1.82, 2.24) is 5.32 Å². The number of hydrogen-bond donors (Lipinski definition) is 1. The Morgan fingerprint density at radius 2 is 2.28 bits per heavy atom. The quantitative estimate of drug-likeness (QED) is 0.907. The molecule has 1 unspecified atom stereocenters. The molecular weight excluding hydrogens is 246 g/mol. The van der Waals surface area contributed by atoms with Crippen LogP contribution < -0.4 is 10.1 Å². The number of methoxy groups -OCH3 is 1. The summed E-state index contributed by atoms with van der Waals surface area (Å²) < 4.78 is 5.55. The molecule has 3 heteroatoms. The van der Waals surface area contributed by atoms with Crippen LogP contribution in [0.15, 0.2) is 6.07 Å². The van der Waals surface area contributed by atoms with Crippen LogP contribution in [0.1, 0.15) is 36.0 Å². The van der Waals surface area contributed by atoms with Gasteiger partial charge in [0.2, 0.25) is 0 Å². The van der Waals surface area contributed by atoms with Gasteiger partial charge in [0, 0.05) is 6.04 Å². The summed E-state index contributed by atoms with van der Waals surface area (Å²) in [5.41, 5.74) is 4.04. The summed E-state index contributed by atoms with van der Waals surface area (Å²) in [4.78, 5) is 0. The number of hydrogen-bond acceptors (Lipinski definition) is 2. The van der Waals surface area contributed by atoms with Crippen molar-refractivity contribution in [3.63, 3.8) is 0 Å². The lowest BCUT2D eigenvalue weighted by atomic mass is 9.99. The summed E-state index contributed by atoms with van der Waals surface area (Å²) >= 11 is 6.50. The number of halogens is 1. The summed E-state index contributed by atoms with van der Waals surface area (Å²) in [6.07, 6.45) is 7.08. The minimum atomic E-state index is 0.592. The summed E-state index contributed by atoms with van der Waals surface area (Å²) in [6.45, 7) is 1.14. The zero-order valence-electron chi connectivity index (χ0n) is 10.9. The second kappa shape index (κ2) is 5.10. The van der Waals surface area contributed by atoms with Gasteiger partial charge in [-0.3, -0.25) is 0 Å². The third-order valence-electron chi connectivity index (χ3n) is 4.20. The smallest absolute Gasteiger partial charge is 0.140 e. The third kappa shape index (κ3) is 2.12. The molecule has 1 aliphatic carbocycles. The fourth-order valence-electron chi connectivity index (χ4n) is 3.30. The fourth-order valence-corrected chi connectivity index (χ4v) is 3.71. The second-order valence-electron chi connectivity index (χ2n) is 5.37. The first kappa shape index (κ1) is 12.3. The maximum absolute atomic E-state index is 6.50. The molecule has 3 rings (SSSR count). The highest BCUT2D eigenvalue weighted by molar-refractivity contribution is 6.33. The molecule has 1 N–H and O–H groups in total. The van der Waals surface area contributed by atoms with Crippen LogP contribution in [0.3, 0.4) is 0 Å². The largest absolute Gasteiger partial charge is 0.495 e. The highest BCUT2D eigenvalue weighted by Crippen LogP contribution is 2.39. The third-order valence-corrected chi connectivity index (χ3v) is 4.60. The number of rotatable bonds is 3. The van der Waals surface area contributed by atoms with Crippen molar-refractivity contribution in [3.8, 4) is 5.75 Å². The Morgan fingerprint density at radius 1 is 1.39 bits per heavy atom. The van der Waals surface area contributed by atoms with Crippen LogP contribution >= 0.6 is 11.6 Å². The van der Waals surface area contributed by atoms with Gasteiger partial charge in [-0.1, -0.05) is 17.7 Å². The van der Waals surface area contributed by atoms with Crippen LogP contribution in [-0.2, 0) is 19.3 Å². The summed E-state index contributed by atoms with van der Waals surface area (Å²) in [5.74, 6) is 0.908. The molecule has 1 fully saturated rings. The molecule has 18 heavy (non-hydrogen) atoms. The highest BCUT2D eigenvalue weighted by Gasteiger charge is 2.23. The van der Waals surface area contributed by atoms with Crippen LogP contribution in [0.2, 0.25) is 5.02 Å². The van der Waals surface area contributed by atoms with E-state index in [1.165, 1.54) is 42.4 Å². The van der Waals surface area contributed by atoms with E-state index >= 15 is 0 Å². The lowest BCUT2D eigenvalue weighted by Gasteiger charge is -2.17. The first-order valence-electron chi connectivity index (χ1n) is 6.90. The normalized spacial score (nSPS) is 22.2. The van der Waals surface area contributed by atoms with E-state index in [1.54, 1.807) is 7.11 Å². The van der Waals surface area contributed by atoms with Crippen LogP contribution in [-0.4, -0.2) is 19.7 Å². The SMILES string of the molecule is COc1c(CC2CCCN2)cc2c(c1Cl)CCC2. The maximum Gasteiger partial charge on any atom is 0.140 e. The van der Waals surface area contributed by atoms with Crippen molar-refractivity contribution in [1.29, 1.82) is 0 Å². The molecule has 2 nitrogen and oxygen atoms in total. The minimum Gasteiger partial charge on any atom is -0.495 e. The van der Waals surface area contributed by atoms with Crippen LogP contribution in [0.5, 0.6) is 5.75 Å². The molecule has 1 saturated heterocycles. The summed E-state index contributed by atoms with van der Waals surface area (Å²) in [6, 6.07) is 2.92. The van der Waals surface area contributed by atoms with E-state index in [4.69, 9.17) is 16.3 Å². The Hall–Kier alpha value is -0.730. The van der Waals surface area contributed by atoms with Gasteiger partial charge in [0.15, 0.2) is 0 Å². The molecule has 1 heterocycles. The first-order valence-corrected chi connectivity index (χ1v) is 7.28. The Balaban J connectivity index is 1.94. The van der Waals surface area contributed by atoms with Crippen molar-refractivity contribution in [2.75, 3.05) is 13.7 Å². The van der Waals surface area contributed by atoms with Gasteiger partial charge in [-0.25, -0.2) is 0 Å². The monoisotopic (exact) mass is 265 g/mol. The predicted octanol–water partition coefficient (Wildman–Crippen LogP) is 3.13. The Kier molecular flexibility index (Phi) is 3.49. The molecule has 0 saturated carbocycles. The number of aryl methyl sites for hydroxylation is 1. The molecular formula is C15H20ClNO. The van der Waals surface area contributed by atoms with E-state index in [2.05, 4.69) is 11.4 Å². The van der Waals surface area contributed by atoms with E-state index in [9.17, 15) is 0 Å². The second-order valence-corrected chi connectivity index (χ2v) is 5.75. The molecule has 2 aliphatic rings. The zero-order valence-corrected chi connectivity index (χ0v) is 11.6. The van der Waals surface area contributed by atoms with Crippen LogP contribution in [0.25, 0.3) is 0 Å². The fraction of sp³-hybridized carbons (Fsp3) is 0.600. The average Bonchev–Trinajstić information content (AvgIpc) is 3.00. The molecule has 0 aromatic heterocycles. The Labute approximate surface area is 114 Å². The Morgan fingerprint density at radius 3 is 3.00 bits per heavy atom. The number of ether oxygens (including phenoxy) is 1. The number of benzene rings is 1. The molecule has 1 aliphatic heterocycles. The predicted molar refractivity (Wildman–Crippen MR) is 74.8 cm³/mol. The molecule has 1 atom stereocenters. The van der Waals surface area contributed by atoms with Crippen LogP contribution in [0.4, 0.5) is 0 Å². The van der Waals surface area contributed by atoms with Crippen molar-refractivity contribution in [2.24, 2.45) is 0 Å². The number of fused-ring (bicyclic) bond motifs is 1. The molecule has 0 bridgehead atoms. The molecule has 1 aromatic carbocycles. The zero-order chi connectivity index (χ0) is 12.5. The van der Waals surface area contributed by atoms with Gasteiger partial charge < -0.3 is 10.1 Å². The number of nitrogens with one attached hydrogen (secondary N) is 1. The van der Waals surface area contributed by atoms with Gasteiger partial charge >= 0.3 is 0 Å². The van der Waals surface area contributed by atoms with Gasteiger partial charge in [-0.15, -0.1) is 0 Å². The maximum atomic E-state index is 6.50. The molecule has 0 amide bonds. The summed E-state index contributed by atoms with van der Waals surface area (Å²) in [7, 11) is 1.73. The van der Waals surface area contributed by atoms with Gasteiger partial charge in [-0.2, -0.15) is 0 Å². The Bertz CT molecular complexity index is 452. The highest BCUT2D eigenvalue weighted by atomic mass is 35.5. The van der Waals surface area contributed by atoms with Crippen molar-refractivity contribution in [2.45, 2.75) is 44.6 Å². The lowest BCUT2D eigenvalue weighted by Crippen LogP contribution is -2.24. The molecule has 1 aromatic rings. The van der Waals surface area contributed by atoms with E-state index in [0.29, 0.717) is 6.04 Å². The lowest BCUT2D eigenvalue weighted by molar-refractivity contribution is 0.406. The summed E-state index contributed by atoms with van der Waals surface area (Å²) in [5, 5.41) is 4.41. The van der Waals surface area contributed by atoms with Gasteiger partial charge in [0.25, 0.3) is 0 Å². The topological polar surface area (TPSA) is 21.3 Å². The van der Waals surface area contributed by atoms with Gasteiger partial charge in [0.05, 0.1) is 12.1 Å². The molecule has 98 valence electrons. The van der Waals surface area contributed by atoms with E-state index in [-0.39, 0.29) is 0 Å². The van der Waals surface area contributed by atoms with E-state index in [0.717, 1.165) is 30.2 Å². The van der Waals surface area contributed by atoms with Crippen molar-refractivity contribution in [3.05, 3.63) is 27.8 Å². The average molecular weight is 266 g/mol. The van der Waals surface area contributed by atoms with Crippen LogP contribution in [0, 0.1) is 0 Å². The molecule has 0 spiro atoms. The van der Waals surface area contributed by atoms with E-state index < -0.39 is 0 Å². The molecule has 0 radical (unpaired) electrons. The minimum absolute atomic E-state index is 0.592. The first-order chi connectivity index (χ1) is 8.79.